The van der Waals surface area contributed by atoms with Crippen molar-refractivity contribution in [1.82, 2.24) is 35.3 Å². The second-order valence-corrected chi connectivity index (χ2v) is 8.14. The highest BCUT2D eigenvalue weighted by Gasteiger charge is 2.29. The smallest absolute Gasteiger partial charge is 0.318 e. The van der Waals surface area contributed by atoms with Gasteiger partial charge in [-0.15, -0.1) is 0 Å². The van der Waals surface area contributed by atoms with Gasteiger partial charge in [0.1, 0.15) is 11.9 Å². The summed E-state index contributed by atoms with van der Waals surface area (Å²) < 4.78 is 5.31. The fraction of sp³-hybridized carbons (Fsp3) is 0.400. The van der Waals surface area contributed by atoms with Gasteiger partial charge in [-0.25, -0.2) is 14.8 Å². The lowest BCUT2D eigenvalue weighted by Crippen LogP contribution is -2.38. The largest absolute Gasteiger partial charge is 0.337 e. The van der Waals surface area contributed by atoms with Crippen LogP contribution < -0.4 is 5.32 Å². The molecular weight excluding hydrogens is 370 g/mol. The number of fused-ring (bicyclic) bond motifs is 1. The normalized spacial score (nSPS) is 14.6. The second kappa shape index (κ2) is 7.23. The molecule has 150 valence electrons. The number of hydrogen-bond donors (Lipinski definition) is 1. The van der Waals surface area contributed by atoms with Crippen molar-refractivity contribution < 1.29 is 9.32 Å². The number of urea groups is 1. The molecule has 3 aromatic rings. The minimum atomic E-state index is -0.430. The summed E-state index contributed by atoms with van der Waals surface area (Å²) in [6, 6.07) is 3.00. The van der Waals surface area contributed by atoms with E-state index in [2.05, 4.69) is 51.2 Å². The number of hydrogen-bond acceptors (Lipinski definition) is 7. The average molecular weight is 393 g/mol. The molecule has 1 aliphatic heterocycles. The second-order valence-electron chi connectivity index (χ2n) is 8.14. The maximum atomic E-state index is 12.7. The third-order valence-electron chi connectivity index (χ3n) is 4.69. The Morgan fingerprint density at radius 1 is 1.24 bits per heavy atom. The lowest BCUT2D eigenvalue weighted by Gasteiger charge is -2.18. The van der Waals surface area contributed by atoms with Gasteiger partial charge in [0.2, 0.25) is 11.7 Å². The number of rotatable bonds is 3. The quantitative estimate of drug-likeness (QED) is 0.728. The molecule has 0 aromatic carbocycles. The fourth-order valence-corrected chi connectivity index (χ4v) is 3.02. The molecular formula is C20H23N7O2. The van der Waals surface area contributed by atoms with Crippen molar-refractivity contribution in [3.8, 4) is 11.4 Å². The van der Waals surface area contributed by atoms with Crippen molar-refractivity contribution in [1.29, 1.82) is 0 Å². The standard InChI is InChI=1S/C20H23N7O2/c1-12(17-25-16(26-29-17)13-6-5-7-21-8-13)23-19(28)27-10-14-9-22-18(20(2,3)4)24-15(14)11-27/h5-9,12H,10-11H2,1-4H3,(H,23,28)/t12-/m1/s1. The van der Waals surface area contributed by atoms with Gasteiger partial charge in [-0.1, -0.05) is 25.9 Å². The molecule has 1 aliphatic rings. The Morgan fingerprint density at radius 2 is 2.07 bits per heavy atom. The van der Waals surface area contributed by atoms with E-state index in [1.807, 2.05) is 12.3 Å². The Labute approximate surface area is 168 Å². The Kier molecular flexibility index (Phi) is 4.73. The first kappa shape index (κ1) is 19.0. The molecule has 1 atom stereocenters. The Balaban J connectivity index is 1.41. The summed E-state index contributed by atoms with van der Waals surface area (Å²) in [5.74, 6) is 1.55. The van der Waals surface area contributed by atoms with Crippen molar-refractivity contribution in [3.05, 3.63) is 53.7 Å². The van der Waals surface area contributed by atoms with Gasteiger partial charge >= 0.3 is 6.03 Å². The Bertz CT molecular complexity index is 1030. The first-order chi connectivity index (χ1) is 13.8. The molecule has 0 saturated carbocycles. The van der Waals surface area contributed by atoms with E-state index >= 15 is 0 Å². The number of nitrogens with zero attached hydrogens (tertiary/aromatic N) is 6. The molecule has 1 N–H and O–H groups in total. The van der Waals surface area contributed by atoms with Gasteiger partial charge in [-0.05, 0) is 19.1 Å². The zero-order valence-electron chi connectivity index (χ0n) is 16.9. The number of carbonyl (C=O) groups is 1. The first-order valence-corrected chi connectivity index (χ1v) is 9.46. The van der Waals surface area contributed by atoms with E-state index in [1.54, 1.807) is 30.3 Å². The molecule has 0 unspecified atom stereocenters. The summed E-state index contributed by atoms with van der Waals surface area (Å²) >= 11 is 0. The topological polar surface area (TPSA) is 110 Å². The third kappa shape index (κ3) is 3.94. The fourth-order valence-electron chi connectivity index (χ4n) is 3.02. The third-order valence-corrected chi connectivity index (χ3v) is 4.69. The Hall–Kier alpha value is -3.36. The predicted octanol–water partition coefficient (Wildman–Crippen LogP) is 3.01. The molecule has 3 aromatic heterocycles. The molecule has 9 nitrogen and oxygen atoms in total. The summed E-state index contributed by atoms with van der Waals surface area (Å²) in [4.78, 5) is 31.9. The number of pyridine rings is 1. The van der Waals surface area contributed by atoms with Crippen LogP contribution in [-0.4, -0.2) is 36.0 Å². The van der Waals surface area contributed by atoms with Crippen molar-refractivity contribution in [3.63, 3.8) is 0 Å². The molecule has 2 amide bonds. The zero-order valence-corrected chi connectivity index (χ0v) is 16.9. The van der Waals surface area contributed by atoms with Gasteiger partial charge in [0.15, 0.2) is 0 Å². The summed E-state index contributed by atoms with van der Waals surface area (Å²) in [5.41, 5.74) is 2.48. The van der Waals surface area contributed by atoms with Crippen molar-refractivity contribution in [2.45, 2.75) is 52.2 Å². The molecule has 0 aliphatic carbocycles. The van der Waals surface area contributed by atoms with Crippen LogP contribution in [0.15, 0.2) is 35.2 Å². The van der Waals surface area contributed by atoms with E-state index < -0.39 is 6.04 Å². The molecule has 0 bridgehead atoms. The van der Waals surface area contributed by atoms with Crippen LogP contribution in [0, 0.1) is 0 Å². The summed E-state index contributed by atoms with van der Waals surface area (Å²) in [6.45, 7) is 8.94. The van der Waals surface area contributed by atoms with Gasteiger partial charge in [0, 0.05) is 35.1 Å². The van der Waals surface area contributed by atoms with Crippen molar-refractivity contribution >= 4 is 6.03 Å². The summed E-state index contributed by atoms with van der Waals surface area (Å²) in [5, 5.41) is 6.88. The van der Waals surface area contributed by atoms with Gasteiger partial charge in [-0.3, -0.25) is 4.98 Å². The van der Waals surface area contributed by atoms with Crippen LogP contribution in [0.3, 0.4) is 0 Å². The number of carbonyl (C=O) groups excluding carboxylic acids is 1. The monoisotopic (exact) mass is 393 g/mol. The van der Waals surface area contributed by atoms with E-state index in [0.717, 1.165) is 22.6 Å². The maximum absolute atomic E-state index is 12.7. The first-order valence-electron chi connectivity index (χ1n) is 9.46. The SMILES string of the molecule is C[C@@H](NC(=O)N1Cc2cnc(C(C)(C)C)nc2C1)c1nc(-c2cccnc2)no1. The lowest BCUT2D eigenvalue weighted by molar-refractivity contribution is 0.192. The van der Waals surface area contributed by atoms with Crippen LogP contribution >= 0.6 is 0 Å². The number of amides is 2. The molecule has 0 spiro atoms. The van der Waals surface area contributed by atoms with Gasteiger partial charge in [-0.2, -0.15) is 4.98 Å². The highest BCUT2D eigenvalue weighted by atomic mass is 16.5. The highest BCUT2D eigenvalue weighted by Crippen LogP contribution is 2.25. The van der Waals surface area contributed by atoms with E-state index in [4.69, 9.17) is 4.52 Å². The highest BCUT2D eigenvalue weighted by molar-refractivity contribution is 5.75. The van der Waals surface area contributed by atoms with Gasteiger partial charge in [0.25, 0.3) is 0 Å². The summed E-state index contributed by atoms with van der Waals surface area (Å²) in [6.07, 6.45) is 5.15. The van der Waals surface area contributed by atoms with Gasteiger partial charge < -0.3 is 14.7 Å². The molecule has 0 fully saturated rings. The minimum absolute atomic E-state index is 0.136. The molecule has 0 saturated heterocycles. The minimum Gasteiger partial charge on any atom is -0.337 e. The maximum Gasteiger partial charge on any atom is 0.318 e. The van der Waals surface area contributed by atoms with E-state index in [0.29, 0.717) is 24.8 Å². The molecule has 4 heterocycles. The molecule has 0 radical (unpaired) electrons. The van der Waals surface area contributed by atoms with Crippen LogP contribution in [0.4, 0.5) is 4.79 Å². The van der Waals surface area contributed by atoms with Crippen LogP contribution in [0.2, 0.25) is 0 Å². The average Bonchev–Trinajstić information content (AvgIpc) is 3.34. The van der Waals surface area contributed by atoms with Crippen molar-refractivity contribution in [2.75, 3.05) is 0 Å². The molecule has 9 heteroatoms. The number of aromatic nitrogens is 5. The van der Waals surface area contributed by atoms with Crippen LogP contribution in [0.25, 0.3) is 11.4 Å². The molecule has 4 rings (SSSR count). The predicted molar refractivity (Wildman–Crippen MR) is 104 cm³/mol. The van der Waals surface area contributed by atoms with E-state index in [9.17, 15) is 4.79 Å². The lowest BCUT2D eigenvalue weighted by atomic mass is 9.95. The van der Waals surface area contributed by atoms with Crippen LogP contribution in [-0.2, 0) is 18.5 Å². The summed E-state index contributed by atoms with van der Waals surface area (Å²) in [7, 11) is 0. The van der Waals surface area contributed by atoms with E-state index in [-0.39, 0.29) is 11.4 Å². The van der Waals surface area contributed by atoms with Crippen molar-refractivity contribution in [2.24, 2.45) is 0 Å². The number of nitrogens with one attached hydrogen (secondary N) is 1. The van der Waals surface area contributed by atoms with E-state index in [1.165, 1.54) is 0 Å². The zero-order chi connectivity index (χ0) is 20.6. The van der Waals surface area contributed by atoms with Crippen LogP contribution in [0.5, 0.6) is 0 Å². The molecule has 29 heavy (non-hydrogen) atoms. The van der Waals surface area contributed by atoms with Gasteiger partial charge in [0.05, 0.1) is 18.8 Å². The van der Waals surface area contributed by atoms with Crippen LogP contribution in [0.1, 0.15) is 56.7 Å². The Morgan fingerprint density at radius 3 is 2.79 bits per heavy atom.